The number of carbonyl (C=O) groups excluding carboxylic acids is 1. The maximum atomic E-state index is 12.0. The molecule has 116 valence electrons. The summed E-state index contributed by atoms with van der Waals surface area (Å²) in [7, 11) is 0. The largest absolute Gasteiger partial charge is 0.458 e. The lowest BCUT2D eigenvalue weighted by atomic mass is 9.92. The van der Waals surface area contributed by atoms with Crippen LogP contribution < -0.4 is 0 Å². The van der Waals surface area contributed by atoms with Crippen LogP contribution in [0.2, 0.25) is 0 Å². The van der Waals surface area contributed by atoms with Crippen molar-refractivity contribution in [3.05, 3.63) is 12.7 Å². The quantitative estimate of drug-likeness (QED) is 0.633. The molecule has 1 N–H and O–H groups in total. The van der Waals surface area contributed by atoms with Crippen molar-refractivity contribution in [2.75, 3.05) is 6.61 Å². The van der Waals surface area contributed by atoms with E-state index in [4.69, 9.17) is 14.2 Å². The summed E-state index contributed by atoms with van der Waals surface area (Å²) in [5.41, 5.74) is -0.639. The number of hydrogen-bond donors (Lipinski definition) is 1. The Kier molecular flexibility index (Phi) is 5.35. The number of esters is 1. The van der Waals surface area contributed by atoms with Gasteiger partial charge in [0.1, 0.15) is 5.60 Å². The van der Waals surface area contributed by atoms with Crippen LogP contribution in [0, 0.1) is 5.92 Å². The van der Waals surface area contributed by atoms with Gasteiger partial charge in [0.05, 0.1) is 12.7 Å². The van der Waals surface area contributed by atoms with E-state index in [9.17, 15) is 9.90 Å². The molecule has 3 atom stereocenters. The third-order valence-electron chi connectivity index (χ3n) is 3.00. The summed E-state index contributed by atoms with van der Waals surface area (Å²) in [4.78, 5) is 12.0. The van der Waals surface area contributed by atoms with Crippen molar-refractivity contribution in [1.82, 2.24) is 0 Å². The molecule has 1 saturated heterocycles. The second-order valence-corrected chi connectivity index (χ2v) is 6.48. The van der Waals surface area contributed by atoms with Gasteiger partial charge < -0.3 is 19.3 Å². The smallest absolute Gasteiger partial charge is 0.336 e. The lowest BCUT2D eigenvalue weighted by Gasteiger charge is -2.39. The number of hydrogen-bond acceptors (Lipinski definition) is 5. The van der Waals surface area contributed by atoms with E-state index in [1.807, 2.05) is 0 Å². The van der Waals surface area contributed by atoms with Gasteiger partial charge in [-0.3, -0.25) is 0 Å². The highest BCUT2D eigenvalue weighted by Gasteiger charge is 2.39. The third-order valence-corrected chi connectivity index (χ3v) is 3.00. The van der Waals surface area contributed by atoms with E-state index in [0.29, 0.717) is 13.0 Å². The van der Waals surface area contributed by atoms with Gasteiger partial charge in [0.25, 0.3) is 0 Å². The van der Waals surface area contributed by atoms with Gasteiger partial charge in [0.15, 0.2) is 11.9 Å². The van der Waals surface area contributed by atoms with E-state index >= 15 is 0 Å². The average Bonchev–Trinajstić information content (AvgIpc) is 2.26. The van der Waals surface area contributed by atoms with Crippen LogP contribution in [-0.2, 0) is 19.0 Å². The maximum Gasteiger partial charge on any atom is 0.336 e. The molecule has 5 heteroatoms. The Labute approximate surface area is 120 Å². The molecule has 0 radical (unpaired) electrons. The summed E-state index contributed by atoms with van der Waals surface area (Å²) >= 11 is 0. The van der Waals surface area contributed by atoms with Crippen LogP contribution in [0.4, 0.5) is 0 Å². The first-order valence-electron chi connectivity index (χ1n) is 6.91. The van der Waals surface area contributed by atoms with Gasteiger partial charge in [0, 0.05) is 5.92 Å². The Balaban J connectivity index is 2.74. The summed E-state index contributed by atoms with van der Waals surface area (Å²) in [6.07, 6.45) is 0.532. The van der Waals surface area contributed by atoms with Gasteiger partial charge in [-0.05, 0) is 41.0 Å². The SMILES string of the molecule is C=C[C@H]([C@@H]1CCOC(C)(C)O1)[C@H](O)C(=O)OC(C)(C)C. The number of rotatable bonds is 4. The van der Waals surface area contributed by atoms with Crippen LogP contribution >= 0.6 is 0 Å². The topological polar surface area (TPSA) is 65.0 Å². The summed E-state index contributed by atoms with van der Waals surface area (Å²) < 4.78 is 16.4. The van der Waals surface area contributed by atoms with Crippen molar-refractivity contribution < 1.29 is 24.1 Å². The fraction of sp³-hybridized carbons (Fsp3) is 0.800. The highest BCUT2D eigenvalue weighted by molar-refractivity contribution is 5.75. The molecule has 0 aromatic carbocycles. The molecule has 0 amide bonds. The first-order valence-corrected chi connectivity index (χ1v) is 6.91. The van der Waals surface area contributed by atoms with Gasteiger partial charge in [-0.2, -0.15) is 0 Å². The van der Waals surface area contributed by atoms with E-state index in [0.717, 1.165) is 0 Å². The molecular weight excluding hydrogens is 260 g/mol. The first kappa shape index (κ1) is 17.1. The minimum absolute atomic E-state index is 0.321. The maximum absolute atomic E-state index is 12.0. The molecule has 20 heavy (non-hydrogen) atoms. The molecule has 0 aliphatic carbocycles. The zero-order valence-electron chi connectivity index (χ0n) is 13.0. The van der Waals surface area contributed by atoms with Crippen molar-refractivity contribution in [3.8, 4) is 0 Å². The van der Waals surface area contributed by atoms with Crippen molar-refractivity contribution in [2.24, 2.45) is 5.92 Å². The molecule has 0 aromatic rings. The third kappa shape index (κ3) is 4.89. The number of ether oxygens (including phenoxy) is 3. The van der Waals surface area contributed by atoms with E-state index < -0.39 is 29.4 Å². The summed E-state index contributed by atoms with van der Waals surface area (Å²) in [6, 6.07) is 0. The summed E-state index contributed by atoms with van der Waals surface area (Å²) in [5.74, 6) is -1.90. The second-order valence-electron chi connectivity index (χ2n) is 6.48. The summed E-state index contributed by atoms with van der Waals surface area (Å²) in [6.45, 7) is 13.1. The van der Waals surface area contributed by atoms with Crippen LogP contribution in [0.5, 0.6) is 0 Å². The minimum Gasteiger partial charge on any atom is -0.458 e. The molecule has 0 saturated carbocycles. The number of aliphatic hydroxyl groups is 1. The molecular formula is C15H26O5. The monoisotopic (exact) mass is 286 g/mol. The normalized spacial score (nSPS) is 25.6. The Morgan fingerprint density at radius 2 is 2.10 bits per heavy atom. The highest BCUT2D eigenvalue weighted by Crippen LogP contribution is 2.29. The van der Waals surface area contributed by atoms with Crippen LogP contribution in [0.15, 0.2) is 12.7 Å². The fourth-order valence-electron chi connectivity index (χ4n) is 2.15. The molecule has 1 fully saturated rings. The highest BCUT2D eigenvalue weighted by atomic mass is 16.7. The molecule has 0 unspecified atom stereocenters. The first-order chi connectivity index (χ1) is 9.06. The Hall–Kier alpha value is -0.910. The predicted molar refractivity (Wildman–Crippen MR) is 75.1 cm³/mol. The van der Waals surface area contributed by atoms with Gasteiger partial charge in [-0.25, -0.2) is 4.79 Å². The Bertz CT molecular complexity index is 356. The van der Waals surface area contributed by atoms with Crippen molar-refractivity contribution in [3.63, 3.8) is 0 Å². The lowest BCUT2D eigenvalue weighted by molar-refractivity contribution is -0.283. The van der Waals surface area contributed by atoms with E-state index in [-0.39, 0.29) is 6.10 Å². The molecule has 1 aliphatic heterocycles. The van der Waals surface area contributed by atoms with Crippen LogP contribution in [-0.4, -0.2) is 41.3 Å². The van der Waals surface area contributed by atoms with Gasteiger partial charge in [0.2, 0.25) is 0 Å². The van der Waals surface area contributed by atoms with Crippen molar-refractivity contribution in [2.45, 2.75) is 64.6 Å². The van der Waals surface area contributed by atoms with Crippen molar-refractivity contribution in [1.29, 1.82) is 0 Å². The van der Waals surface area contributed by atoms with Crippen LogP contribution in [0.25, 0.3) is 0 Å². The zero-order chi connectivity index (χ0) is 15.6. The van der Waals surface area contributed by atoms with Crippen LogP contribution in [0.3, 0.4) is 0 Å². The van der Waals surface area contributed by atoms with Gasteiger partial charge in [-0.15, -0.1) is 6.58 Å². The number of carbonyl (C=O) groups is 1. The second kappa shape index (κ2) is 6.24. The average molecular weight is 286 g/mol. The molecule has 1 rings (SSSR count). The standard InChI is InChI=1S/C15H26O5/c1-7-10(11-8-9-18-15(5,6)19-11)12(16)13(17)20-14(2,3)4/h7,10-12,16H,1,8-9H2,2-6H3/t10-,11+,12+/m1/s1. The van der Waals surface area contributed by atoms with Crippen LogP contribution in [0.1, 0.15) is 41.0 Å². The lowest BCUT2D eigenvalue weighted by Crippen LogP contribution is -2.48. The predicted octanol–water partition coefficient (Wildman–Crippen LogP) is 2.03. The zero-order valence-corrected chi connectivity index (χ0v) is 13.0. The Morgan fingerprint density at radius 1 is 1.50 bits per heavy atom. The fourth-order valence-corrected chi connectivity index (χ4v) is 2.15. The van der Waals surface area contributed by atoms with Crippen molar-refractivity contribution >= 4 is 5.97 Å². The Morgan fingerprint density at radius 3 is 2.55 bits per heavy atom. The van der Waals surface area contributed by atoms with Gasteiger partial charge in [-0.1, -0.05) is 6.08 Å². The molecule has 0 bridgehead atoms. The molecule has 1 aliphatic rings. The molecule has 0 spiro atoms. The van der Waals surface area contributed by atoms with E-state index in [1.54, 1.807) is 40.7 Å². The van der Waals surface area contributed by atoms with Gasteiger partial charge >= 0.3 is 5.97 Å². The van der Waals surface area contributed by atoms with E-state index in [1.165, 1.54) is 0 Å². The minimum atomic E-state index is -1.29. The van der Waals surface area contributed by atoms with E-state index in [2.05, 4.69) is 6.58 Å². The summed E-state index contributed by atoms with van der Waals surface area (Å²) in [5, 5.41) is 10.2. The molecule has 1 heterocycles. The molecule has 5 nitrogen and oxygen atoms in total. The number of aliphatic hydroxyl groups excluding tert-OH is 1. The molecule has 0 aromatic heterocycles.